The number of aliphatic hydroxyl groups excluding tert-OH is 1. The van der Waals surface area contributed by atoms with Gasteiger partial charge >= 0.3 is 5.97 Å². The highest BCUT2D eigenvalue weighted by atomic mass is 32.1. The van der Waals surface area contributed by atoms with Crippen LogP contribution in [0.3, 0.4) is 0 Å². The molecule has 0 radical (unpaired) electrons. The summed E-state index contributed by atoms with van der Waals surface area (Å²) in [5, 5.41) is 25.8. The molecule has 1 aromatic heterocycles. The molecule has 0 saturated heterocycles. The molecule has 3 N–H and O–H groups in total. The number of β-amino-alcohol motifs (C(OH)–C–C–N with tert-alkyl or cyclic N) is 1. The summed E-state index contributed by atoms with van der Waals surface area (Å²) in [5.74, 6) is -0.924. The van der Waals surface area contributed by atoms with E-state index in [2.05, 4.69) is 55.6 Å². The van der Waals surface area contributed by atoms with Gasteiger partial charge in [-0.15, -0.1) is 11.3 Å². The average Bonchev–Trinajstić information content (AvgIpc) is 3.36. The number of carboxylic acid groups (broad SMARTS) is 1. The van der Waals surface area contributed by atoms with E-state index in [1.165, 1.54) is 27.7 Å². The van der Waals surface area contributed by atoms with Crippen LogP contribution in [0.5, 0.6) is 0 Å². The number of rotatable bonds is 11. The van der Waals surface area contributed by atoms with E-state index in [-0.39, 0.29) is 18.2 Å². The number of fused-ring (bicyclic) bond motifs is 1. The number of aliphatic hydroxyl groups is 1. The fraction of sp³-hybridized carbons (Fsp3) is 0.300. The molecule has 0 aliphatic heterocycles. The number of hydrogen-bond acceptors (Lipinski definition) is 5. The van der Waals surface area contributed by atoms with Crippen molar-refractivity contribution in [2.75, 3.05) is 13.2 Å². The van der Waals surface area contributed by atoms with Gasteiger partial charge in [-0.05, 0) is 66.8 Å². The molecule has 0 aliphatic carbocycles. The number of thiophene rings is 1. The molecular weight excluding hydrogens is 470 g/mol. The second kappa shape index (κ2) is 11.4. The zero-order valence-corrected chi connectivity index (χ0v) is 21.7. The Balaban J connectivity index is 1.31. The third-order valence-corrected chi connectivity index (χ3v) is 7.40. The molecule has 0 spiro atoms. The standard InChI is InChI=1S/C30H33NO4S/c1-20(25-10-6-7-11-26(25)27-14-15-28(36-27)29(33)34)35-19-24(32)18-31-30(2,3)17-21-12-13-22-8-4-5-9-23(22)16-21/h4-16,20,24,31-32H,17-19H2,1-3H3,(H,33,34)/t20?,24-/m0/s1. The quantitative estimate of drug-likeness (QED) is 0.223. The Labute approximate surface area is 216 Å². The van der Waals surface area contributed by atoms with E-state index in [0.717, 1.165) is 22.4 Å². The van der Waals surface area contributed by atoms with Gasteiger partial charge in [0.05, 0.1) is 18.8 Å². The van der Waals surface area contributed by atoms with Gasteiger partial charge in [-0.3, -0.25) is 0 Å². The molecule has 0 saturated carbocycles. The van der Waals surface area contributed by atoms with Crippen molar-refractivity contribution >= 4 is 28.1 Å². The molecule has 0 fully saturated rings. The number of aromatic carboxylic acids is 1. The molecule has 4 rings (SSSR count). The first-order valence-electron chi connectivity index (χ1n) is 12.2. The molecule has 188 valence electrons. The summed E-state index contributed by atoms with van der Waals surface area (Å²) in [7, 11) is 0. The topological polar surface area (TPSA) is 78.8 Å². The van der Waals surface area contributed by atoms with E-state index < -0.39 is 12.1 Å². The molecule has 5 nitrogen and oxygen atoms in total. The van der Waals surface area contributed by atoms with Crippen molar-refractivity contribution in [2.24, 2.45) is 0 Å². The van der Waals surface area contributed by atoms with Crippen molar-refractivity contribution in [2.45, 2.75) is 44.9 Å². The predicted octanol–water partition coefficient (Wildman–Crippen LogP) is 6.32. The van der Waals surface area contributed by atoms with Gasteiger partial charge in [-0.2, -0.15) is 0 Å². The number of hydrogen-bond donors (Lipinski definition) is 3. The van der Waals surface area contributed by atoms with Gasteiger partial charge in [-0.1, -0.05) is 66.7 Å². The Bertz CT molecular complexity index is 1330. The lowest BCUT2D eigenvalue weighted by atomic mass is 9.93. The Morgan fingerprint density at radius 3 is 2.47 bits per heavy atom. The van der Waals surface area contributed by atoms with Crippen molar-refractivity contribution in [1.29, 1.82) is 0 Å². The summed E-state index contributed by atoms with van der Waals surface area (Å²) in [5.41, 5.74) is 2.98. The third kappa shape index (κ3) is 6.59. The molecule has 4 aromatic rings. The van der Waals surface area contributed by atoms with Crippen molar-refractivity contribution in [1.82, 2.24) is 5.32 Å². The number of nitrogens with one attached hydrogen (secondary N) is 1. The van der Waals surface area contributed by atoms with Crippen LogP contribution in [0.4, 0.5) is 0 Å². The number of ether oxygens (including phenoxy) is 1. The van der Waals surface area contributed by atoms with Crippen molar-refractivity contribution in [3.8, 4) is 10.4 Å². The van der Waals surface area contributed by atoms with Crippen molar-refractivity contribution < 1.29 is 19.7 Å². The first-order valence-corrected chi connectivity index (χ1v) is 13.0. The van der Waals surface area contributed by atoms with E-state index >= 15 is 0 Å². The zero-order valence-electron chi connectivity index (χ0n) is 20.9. The van der Waals surface area contributed by atoms with Crippen LogP contribution in [0.25, 0.3) is 21.2 Å². The normalized spacial score (nSPS) is 13.6. The largest absolute Gasteiger partial charge is 0.477 e. The minimum Gasteiger partial charge on any atom is -0.477 e. The summed E-state index contributed by atoms with van der Waals surface area (Å²) in [6.45, 7) is 6.84. The summed E-state index contributed by atoms with van der Waals surface area (Å²) in [6.07, 6.45) is -0.0680. The maximum atomic E-state index is 11.3. The summed E-state index contributed by atoms with van der Waals surface area (Å²) in [6, 6.07) is 26.2. The highest BCUT2D eigenvalue weighted by Crippen LogP contribution is 2.34. The zero-order chi connectivity index (χ0) is 25.7. The molecule has 0 aliphatic rings. The Morgan fingerprint density at radius 2 is 1.72 bits per heavy atom. The van der Waals surface area contributed by atoms with E-state index in [1.54, 1.807) is 6.07 Å². The average molecular weight is 504 g/mol. The molecule has 1 heterocycles. The second-order valence-electron chi connectivity index (χ2n) is 9.81. The summed E-state index contributed by atoms with van der Waals surface area (Å²) >= 11 is 1.25. The number of carboxylic acids is 1. The van der Waals surface area contributed by atoms with Gasteiger partial charge in [-0.25, -0.2) is 4.79 Å². The summed E-state index contributed by atoms with van der Waals surface area (Å²) in [4.78, 5) is 12.5. The lowest BCUT2D eigenvalue weighted by Gasteiger charge is -2.28. The maximum Gasteiger partial charge on any atom is 0.345 e. The molecule has 0 amide bonds. The minimum atomic E-state index is -0.924. The summed E-state index contributed by atoms with van der Waals surface area (Å²) < 4.78 is 6.04. The lowest BCUT2D eigenvalue weighted by molar-refractivity contribution is -0.00396. The van der Waals surface area contributed by atoms with E-state index in [4.69, 9.17) is 4.74 Å². The maximum absolute atomic E-state index is 11.3. The van der Waals surface area contributed by atoms with Gasteiger partial charge in [0.15, 0.2) is 0 Å². The lowest BCUT2D eigenvalue weighted by Crippen LogP contribution is -2.46. The monoisotopic (exact) mass is 503 g/mol. The van der Waals surface area contributed by atoms with Crippen molar-refractivity contribution in [3.05, 3.63) is 94.9 Å². The van der Waals surface area contributed by atoms with Crippen LogP contribution in [-0.4, -0.2) is 41.0 Å². The second-order valence-corrected chi connectivity index (χ2v) is 10.9. The Morgan fingerprint density at radius 1 is 1.00 bits per heavy atom. The first kappa shape index (κ1) is 26.0. The Hall–Kier alpha value is -3.03. The van der Waals surface area contributed by atoms with Crippen molar-refractivity contribution in [3.63, 3.8) is 0 Å². The van der Waals surface area contributed by atoms with Gasteiger partial charge < -0.3 is 20.3 Å². The van der Waals surface area contributed by atoms with E-state index in [9.17, 15) is 15.0 Å². The van der Waals surface area contributed by atoms with E-state index in [0.29, 0.717) is 11.4 Å². The highest BCUT2D eigenvalue weighted by molar-refractivity contribution is 7.17. The SMILES string of the molecule is CC(OC[C@@H](O)CNC(C)(C)Cc1ccc2ccccc2c1)c1ccccc1-c1ccc(C(=O)O)s1. The van der Waals surface area contributed by atoms with E-state index in [1.807, 2.05) is 43.3 Å². The molecule has 1 unspecified atom stereocenters. The van der Waals surface area contributed by atoms with Crippen LogP contribution in [0.2, 0.25) is 0 Å². The molecule has 6 heteroatoms. The van der Waals surface area contributed by atoms with Gasteiger partial charge in [0.1, 0.15) is 4.88 Å². The number of benzene rings is 3. The first-order chi connectivity index (χ1) is 17.2. The minimum absolute atomic E-state index is 0.192. The van der Waals surface area contributed by atoms with Crippen LogP contribution >= 0.6 is 11.3 Å². The number of carbonyl (C=O) groups is 1. The molecule has 36 heavy (non-hydrogen) atoms. The Kier molecular flexibility index (Phi) is 8.21. The predicted molar refractivity (Wildman–Crippen MR) is 147 cm³/mol. The van der Waals surface area contributed by atoms with Crippen LogP contribution in [-0.2, 0) is 11.2 Å². The molecular formula is C30H33NO4S. The van der Waals surface area contributed by atoms with Gasteiger partial charge in [0.2, 0.25) is 0 Å². The smallest absolute Gasteiger partial charge is 0.345 e. The fourth-order valence-electron chi connectivity index (χ4n) is 4.39. The fourth-order valence-corrected chi connectivity index (χ4v) is 5.29. The third-order valence-electron chi connectivity index (χ3n) is 6.30. The van der Waals surface area contributed by atoms with Crippen LogP contribution in [0.15, 0.2) is 78.9 Å². The van der Waals surface area contributed by atoms with Crippen LogP contribution in [0.1, 0.15) is 47.7 Å². The molecule has 0 bridgehead atoms. The molecule has 2 atom stereocenters. The van der Waals surface area contributed by atoms with Crippen LogP contribution in [0, 0.1) is 0 Å². The molecule has 3 aromatic carbocycles. The highest BCUT2D eigenvalue weighted by Gasteiger charge is 2.21. The van der Waals surface area contributed by atoms with Gasteiger partial charge in [0.25, 0.3) is 0 Å². The van der Waals surface area contributed by atoms with Crippen LogP contribution < -0.4 is 5.32 Å². The van der Waals surface area contributed by atoms with Gasteiger partial charge in [0, 0.05) is 17.0 Å².